The van der Waals surface area contributed by atoms with Crippen molar-refractivity contribution in [2.45, 2.75) is 37.9 Å². The molecule has 1 N–H and O–H groups in total. The quantitative estimate of drug-likeness (QED) is 0.301. The lowest BCUT2D eigenvalue weighted by atomic mass is 9.98. The van der Waals surface area contributed by atoms with Gasteiger partial charge in [0.25, 0.3) is 5.91 Å². The second-order valence-electron chi connectivity index (χ2n) is 11.1. The molecule has 3 heterocycles. The SMILES string of the molecule is CN(C)Cc1n[nH]nc1CN1CCN(C(=O)c2cc(C(F)(F)F)cc(C(F)(F)F)c2)C(Cc2cn(C)c3ccccc23)C1. The Morgan fingerprint density at radius 3 is 2.28 bits per heavy atom. The first-order valence-corrected chi connectivity index (χ1v) is 13.6. The van der Waals surface area contributed by atoms with Crippen molar-refractivity contribution in [3.05, 3.63) is 82.3 Å². The average molecular weight is 608 g/mol. The number of hydrogen-bond donors (Lipinski definition) is 1. The number of aromatic nitrogens is 4. The van der Waals surface area contributed by atoms with Crippen LogP contribution >= 0.6 is 0 Å². The van der Waals surface area contributed by atoms with Crippen LogP contribution in [0.15, 0.2) is 48.7 Å². The van der Waals surface area contributed by atoms with Gasteiger partial charge in [0.15, 0.2) is 0 Å². The number of halogens is 6. The molecular weight excluding hydrogens is 576 g/mol. The van der Waals surface area contributed by atoms with E-state index < -0.39 is 41.0 Å². The summed E-state index contributed by atoms with van der Waals surface area (Å²) < 4.78 is 83.4. The number of aromatic amines is 1. The number of benzene rings is 2. The van der Waals surface area contributed by atoms with E-state index in [9.17, 15) is 31.1 Å². The number of alkyl halides is 6. The summed E-state index contributed by atoms with van der Waals surface area (Å²) in [7, 11) is 5.70. The zero-order chi connectivity index (χ0) is 31.1. The number of hydrogen-bond acceptors (Lipinski definition) is 5. The number of carbonyl (C=O) groups is 1. The molecule has 4 aromatic rings. The molecular formula is C29H31F6N7O. The molecule has 230 valence electrons. The highest BCUT2D eigenvalue weighted by atomic mass is 19.4. The van der Waals surface area contributed by atoms with Crippen molar-refractivity contribution >= 4 is 16.8 Å². The maximum atomic E-state index is 13.8. The molecule has 0 aliphatic carbocycles. The minimum Gasteiger partial charge on any atom is -0.350 e. The van der Waals surface area contributed by atoms with Crippen molar-refractivity contribution in [2.24, 2.45) is 7.05 Å². The molecule has 5 rings (SSSR count). The maximum Gasteiger partial charge on any atom is 0.416 e. The Labute approximate surface area is 243 Å². The van der Waals surface area contributed by atoms with Gasteiger partial charge in [-0.2, -0.15) is 41.8 Å². The number of nitrogens with one attached hydrogen (secondary N) is 1. The van der Waals surface area contributed by atoms with Gasteiger partial charge >= 0.3 is 12.4 Å². The van der Waals surface area contributed by atoms with E-state index in [1.807, 2.05) is 61.1 Å². The summed E-state index contributed by atoms with van der Waals surface area (Å²) in [6.07, 6.45) is -7.83. The third-order valence-electron chi connectivity index (χ3n) is 7.64. The Morgan fingerprint density at radius 2 is 1.63 bits per heavy atom. The fourth-order valence-electron chi connectivity index (χ4n) is 5.63. The van der Waals surface area contributed by atoms with Gasteiger partial charge in [-0.05, 0) is 50.3 Å². The molecule has 0 radical (unpaired) electrons. The van der Waals surface area contributed by atoms with Gasteiger partial charge in [0, 0.05) is 68.5 Å². The minimum absolute atomic E-state index is 0.0333. The lowest BCUT2D eigenvalue weighted by Gasteiger charge is -2.41. The van der Waals surface area contributed by atoms with Crippen molar-refractivity contribution in [1.29, 1.82) is 0 Å². The monoisotopic (exact) mass is 607 g/mol. The summed E-state index contributed by atoms with van der Waals surface area (Å²) >= 11 is 0. The van der Waals surface area contributed by atoms with Crippen LogP contribution in [0.3, 0.4) is 0 Å². The lowest BCUT2D eigenvalue weighted by Crippen LogP contribution is -2.55. The van der Waals surface area contributed by atoms with Crippen molar-refractivity contribution in [3.8, 4) is 0 Å². The summed E-state index contributed by atoms with van der Waals surface area (Å²) in [5.41, 5.74) is -0.320. The van der Waals surface area contributed by atoms with Gasteiger partial charge < -0.3 is 14.4 Å². The second-order valence-corrected chi connectivity index (χ2v) is 11.1. The molecule has 1 amide bonds. The predicted octanol–water partition coefficient (Wildman–Crippen LogP) is 4.96. The number of para-hydroxylation sites is 1. The van der Waals surface area contributed by atoms with Crippen molar-refractivity contribution in [3.63, 3.8) is 0 Å². The molecule has 0 saturated carbocycles. The number of nitrogens with zero attached hydrogens (tertiary/aromatic N) is 6. The number of rotatable bonds is 7. The van der Waals surface area contributed by atoms with Crippen molar-refractivity contribution in [2.75, 3.05) is 33.7 Å². The largest absolute Gasteiger partial charge is 0.416 e. The van der Waals surface area contributed by atoms with E-state index in [0.717, 1.165) is 27.9 Å². The van der Waals surface area contributed by atoms with Crippen molar-refractivity contribution in [1.82, 2.24) is 34.7 Å². The Hall–Kier alpha value is -3.91. The van der Waals surface area contributed by atoms with Gasteiger partial charge in [-0.25, -0.2) is 0 Å². The molecule has 2 aromatic heterocycles. The topological polar surface area (TPSA) is 73.3 Å². The molecule has 1 atom stereocenters. The molecule has 43 heavy (non-hydrogen) atoms. The fraction of sp³-hybridized carbons (Fsp3) is 0.414. The van der Waals surface area contributed by atoms with Crippen LogP contribution in [0.5, 0.6) is 0 Å². The molecule has 1 aliphatic rings. The highest BCUT2D eigenvalue weighted by Gasteiger charge is 2.39. The van der Waals surface area contributed by atoms with Gasteiger partial charge in [0.05, 0.1) is 11.1 Å². The number of fused-ring (bicyclic) bond motifs is 1. The molecule has 1 aliphatic heterocycles. The maximum absolute atomic E-state index is 13.8. The summed E-state index contributed by atoms with van der Waals surface area (Å²) in [6.45, 7) is 1.74. The smallest absolute Gasteiger partial charge is 0.350 e. The first-order valence-electron chi connectivity index (χ1n) is 13.6. The van der Waals surface area contributed by atoms with Gasteiger partial charge in [0.1, 0.15) is 11.4 Å². The summed E-state index contributed by atoms with van der Waals surface area (Å²) in [6, 6.07) is 8.19. The van der Waals surface area contributed by atoms with Crippen LogP contribution in [0, 0.1) is 0 Å². The summed E-state index contributed by atoms with van der Waals surface area (Å²) in [4.78, 5) is 19.2. The number of piperazine rings is 1. The Balaban J connectivity index is 1.49. The summed E-state index contributed by atoms with van der Waals surface area (Å²) in [5.74, 6) is -0.879. The van der Waals surface area contributed by atoms with Gasteiger partial charge in [0.2, 0.25) is 0 Å². The predicted molar refractivity (Wildman–Crippen MR) is 147 cm³/mol. The third-order valence-corrected chi connectivity index (χ3v) is 7.64. The molecule has 1 saturated heterocycles. The Kier molecular flexibility index (Phi) is 8.27. The second kappa shape index (κ2) is 11.6. The van der Waals surface area contributed by atoms with E-state index in [-0.39, 0.29) is 12.6 Å². The Morgan fingerprint density at radius 1 is 0.977 bits per heavy atom. The zero-order valence-corrected chi connectivity index (χ0v) is 23.8. The zero-order valence-electron chi connectivity index (χ0n) is 23.8. The standard InChI is InChI=1S/C29H31F6N7O/c1-39(2)16-24-25(37-38-36-24)17-41-8-9-42(22(15-41)12-19-14-40(3)26-7-5-4-6-23(19)26)27(43)18-10-20(28(30,31)32)13-21(11-18)29(33,34)35/h4-7,10-11,13-14,22H,8-9,12,15-17H2,1-3H3,(H,36,37,38). The Bertz CT molecular complexity index is 1570. The van der Waals surface area contributed by atoms with E-state index in [1.54, 1.807) is 0 Å². The number of aryl methyl sites for hydroxylation is 1. The van der Waals surface area contributed by atoms with E-state index in [1.165, 1.54) is 4.90 Å². The highest BCUT2D eigenvalue weighted by molar-refractivity contribution is 5.95. The van der Waals surface area contributed by atoms with Crippen LogP contribution in [-0.2, 0) is 38.9 Å². The molecule has 0 spiro atoms. The average Bonchev–Trinajstić information content (AvgIpc) is 3.50. The van der Waals surface area contributed by atoms with Crippen LogP contribution in [-0.4, -0.2) is 80.4 Å². The van der Waals surface area contributed by atoms with E-state index >= 15 is 0 Å². The summed E-state index contributed by atoms with van der Waals surface area (Å²) in [5, 5.41) is 12.1. The van der Waals surface area contributed by atoms with Crippen molar-refractivity contribution < 1.29 is 31.1 Å². The minimum atomic E-state index is -5.06. The van der Waals surface area contributed by atoms with Crippen LogP contribution < -0.4 is 0 Å². The van der Waals surface area contributed by atoms with Crippen LogP contribution in [0.4, 0.5) is 26.3 Å². The van der Waals surface area contributed by atoms with E-state index in [2.05, 4.69) is 20.3 Å². The van der Waals surface area contributed by atoms with Crippen LogP contribution in [0.1, 0.15) is 38.4 Å². The molecule has 2 aromatic carbocycles. The number of carbonyl (C=O) groups excluding carboxylic acids is 1. The first kappa shape index (κ1) is 30.5. The molecule has 0 bridgehead atoms. The van der Waals surface area contributed by atoms with E-state index in [4.69, 9.17) is 0 Å². The molecule has 8 nitrogen and oxygen atoms in total. The molecule has 1 fully saturated rings. The normalized spacial score (nSPS) is 16.9. The van der Waals surface area contributed by atoms with Gasteiger partial charge in [-0.3, -0.25) is 9.69 Å². The highest BCUT2D eigenvalue weighted by Crippen LogP contribution is 2.37. The third kappa shape index (κ3) is 6.69. The first-order chi connectivity index (χ1) is 20.2. The van der Waals surface area contributed by atoms with E-state index in [0.29, 0.717) is 44.7 Å². The molecule has 14 heteroatoms. The number of amides is 1. The van der Waals surface area contributed by atoms with Gasteiger partial charge in [-0.15, -0.1) is 0 Å². The fourth-order valence-corrected chi connectivity index (χ4v) is 5.63. The van der Waals surface area contributed by atoms with Crippen LogP contribution in [0.25, 0.3) is 10.9 Å². The number of H-pyrrole nitrogens is 1. The molecule has 1 unspecified atom stereocenters. The lowest BCUT2D eigenvalue weighted by molar-refractivity contribution is -0.143. The van der Waals surface area contributed by atoms with Crippen LogP contribution in [0.2, 0.25) is 0 Å². The van der Waals surface area contributed by atoms with Gasteiger partial charge in [-0.1, -0.05) is 18.2 Å².